The molecule has 16 heavy (non-hydrogen) atoms. The van der Waals surface area contributed by atoms with E-state index < -0.39 is 0 Å². The highest BCUT2D eigenvalue weighted by atomic mass is 16.2. The van der Waals surface area contributed by atoms with Crippen LogP contribution < -0.4 is 10.2 Å². The van der Waals surface area contributed by atoms with Gasteiger partial charge in [-0.25, -0.2) is 0 Å². The molecule has 0 aliphatic carbocycles. The zero-order chi connectivity index (χ0) is 12.1. The van der Waals surface area contributed by atoms with E-state index in [1.807, 2.05) is 43.3 Å². The second-order valence-electron chi connectivity index (χ2n) is 3.80. The first kappa shape index (κ1) is 12.2. The summed E-state index contributed by atoms with van der Waals surface area (Å²) < 4.78 is 0. The van der Waals surface area contributed by atoms with Crippen molar-refractivity contribution < 1.29 is 9.59 Å². The molecular weight excluding hydrogens is 204 g/mol. The molecule has 1 aromatic carbocycles. The first-order valence-electron chi connectivity index (χ1n) is 5.06. The van der Waals surface area contributed by atoms with E-state index in [0.717, 1.165) is 11.3 Å². The third-order valence-electron chi connectivity index (χ3n) is 2.14. The molecule has 0 aliphatic rings. The van der Waals surface area contributed by atoms with Gasteiger partial charge in [-0.3, -0.25) is 14.9 Å². The van der Waals surface area contributed by atoms with Crippen LogP contribution in [0.1, 0.15) is 12.5 Å². The normalized spacial score (nSPS) is 9.69. The van der Waals surface area contributed by atoms with Crippen molar-refractivity contribution in [3.63, 3.8) is 0 Å². The first-order chi connectivity index (χ1) is 7.50. The molecule has 1 aromatic rings. The third-order valence-corrected chi connectivity index (χ3v) is 2.14. The lowest BCUT2D eigenvalue weighted by Gasteiger charge is -2.16. The molecular formula is C12H16N2O2. The summed E-state index contributed by atoms with van der Waals surface area (Å²) in [7, 11) is 3.84. The van der Waals surface area contributed by atoms with Crippen LogP contribution >= 0.6 is 0 Å². The topological polar surface area (TPSA) is 49.4 Å². The quantitative estimate of drug-likeness (QED) is 0.825. The van der Waals surface area contributed by atoms with Gasteiger partial charge in [0.1, 0.15) is 0 Å². The maximum Gasteiger partial charge on any atom is 0.231 e. The summed E-state index contributed by atoms with van der Waals surface area (Å²) in [5.74, 6) is -0.603. The Balaban J connectivity index is 2.80. The Hall–Kier alpha value is -1.84. The number of hydrogen-bond acceptors (Lipinski definition) is 3. The number of imide groups is 1. The van der Waals surface area contributed by atoms with Gasteiger partial charge in [0.05, 0.1) is 6.42 Å². The fourth-order valence-corrected chi connectivity index (χ4v) is 1.51. The molecule has 86 valence electrons. The summed E-state index contributed by atoms with van der Waals surface area (Å²) in [6, 6.07) is 7.62. The highest BCUT2D eigenvalue weighted by Gasteiger charge is 2.09. The molecule has 0 saturated heterocycles. The summed E-state index contributed by atoms with van der Waals surface area (Å²) in [5, 5.41) is 2.26. The molecule has 0 radical (unpaired) electrons. The Morgan fingerprint density at radius 2 is 1.88 bits per heavy atom. The van der Waals surface area contributed by atoms with E-state index >= 15 is 0 Å². The Morgan fingerprint density at radius 1 is 1.25 bits per heavy atom. The third kappa shape index (κ3) is 3.38. The number of nitrogens with zero attached hydrogens (tertiary/aromatic N) is 1. The number of anilines is 1. The highest BCUT2D eigenvalue weighted by molar-refractivity contribution is 5.95. The van der Waals surface area contributed by atoms with Gasteiger partial charge in [-0.1, -0.05) is 18.2 Å². The second kappa shape index (κ2) is 5.30. The molecule has 4 nitrogen and oxygen atoms in total. The molecule has 0 aromatic heterocycles. The van der Waals surface area contributed by atoms with Crippen molar-refractivity contribution in [1.82, 2.24) is 5.32 Å². The largest absolute Gasteiger partial charge is 0.377 e. The number of carbonyl (C=O) groups excluding carboxylic acids is 2. The maximum absolute atomic E-state index is 11.4. The predicted octanol–water partition coefficient (Wildman–Crippen LogP) is 0.958. The number of rotatable bonds is 3. The molecule has 2 amide bonds. The minimum absolute atomic E-state index is 0.216. The first-order valence-corrected chi connectivity index (χ1v) is 5.06. The average molecular weight is 220 g/mol. The number of para-hydroxylation sites is 1. The van der Waals surface area contributed by atoms with E-state index in [-0.39, 0.29) is 18.2 Å². The van der Waals surface area contributed by atoms with Gasteiger partial charge >= 0.3 is 0 Å². The molecule has 4 heteroatoms. The number of hydrogen-bond donors (Lipinski definition) is 1. The highest BCUT2D eigenvalue weighted by Crippen LogP contribution is 2.18. The maximum atomic E-state index is 11.4. The van der Waals surface area contributed by atoms with Gasteiger partial charge in [0.25, 0.3) is 0 Å². The van der Waals surface area contributed by atoms with Crippen molar-refractivity contribution in [3.05, 3.63) is 29.8 Å². The van der Waals surface area contributed by atoms with Gasteiger partial charge < -0.3 is 4.90 Å². The van der Waals surface area contributed by atoms with Crippen molar-refractivity contribution >= 4 is 17.5 Å². The second-order valence-corrected chi connectivity index (χ2v) is 3.80. The van der Waals surface area contributed by atoms with Crippen LogP contribution in [-0.2, 0) is 16.0 Å². The molecule has 0 atom stereocenters. The molecule has 0 aliphatic heterocycles. The number of benzene rings is 1. The number of carbonyl (C=O) groups is 2. The van der Waals surface area contributed by atoms with Crippen LogP contribution in [0.15, 0.2) is 24.3 Å². The summed E-state index contributed by atoms with van der Waals surface area (Å²) in [6.07, 6.45) is 0.216. The minimum atomic E-state index is -0.327. The van der Waals surface area contributed by atoms with E-state index in [0.29, 0.717) is 0 Å². The van der Waals surface area contributed by atoms with E-state index in [4.69, 9.17) is 0 Å². The molecule has 0 spiro atoms. The van der Waals surface area contributed by atoms with Gasteiger partial charge in [-0.15, -0.1) is 0 Å². The van der Waals surface area contributed by atoms with Crippen LogP contribution in [0.5, 0.6) is 0 Å². The van der Waals surface area contributed by atoms with Crippen molar-refractivity contribution in [2.24, 2.45) is 0 Å². The van der Waals surface area contributed by atoms with Gasteiger partial charge in [0.2, 0.25) is 11.8 Å². The fraction of sp³-hybridized carbons (Fsp3) is 0.333. The Morgan fingerprint density at radius 3 is 2.44 bits per heavy atom. The predicted molar refractivity (Wildman–Crippen MR) is 63.3 cm³/mol. The molecule has 1 rings (SSSR count). The van der Waals surface area contributed by atoms with E-state index in [2.05, 4.69) is 5.32 Å². The lowest BCUT2D eigenvalue weighted by molar-refractivity contribution is -0.128. The van der Waals surface area contributed by atoms with Crippen LogP contribution in [0.4, 0.5) is 5.69 Å². The molecule has 1 N–H and O–H groups in total. The standard InChI is InChI=1S/C12H16N2O2/c1-9(15)13-12(16)8-10-6-4-5-7-11(10)14(2)3/h4-7H,8H2,1-3H3,(H,13,15,16). The summed E-state index contributed by atoms with van der Waals surface area (Å²) in [6.45, 7) is 1.33. The average Bonchev–Trinajstić information content (AvgIpc) is 2.16. The van der Waals surface area contributed by atoms with Crippen molar-refractivity contribution in [1.29, 1.82) is 0 Å². The Labute approximate surface area is 95.3 Å². The minimum Gasteiger partial charge on any atom is -0.377 e. The number of nitrogens with one attached hydrogen (secondary N) is 1. The van der Waals surface area contributed by atoms with Crippen molar-refractivity contribution in [3.8, 4) is 0 Å². The van der Waals surface area contributed by atoms with Crippen LogP contribution in [0.3, 0.4) is 0 Å². The Bertz CT molecular complexity index is 400. The van der Waals surface area contributed by atoms with E-state index in [1.165, 1.54) is 6.92 Å². The Kier molecular flexibility index (Phi) is 4.05. The monoisotopic (exact) mass is 220 g/mol. The molecule has 0 unspecified atom stereocenters. The van der Waals surface area contributed by atoms with Gasteiger partial charge in [-0.05, 0) is 11.6 Å². The molecule has 0 saturated carbocycles. The van der Waals surface area contributed by atoms with Gasteiger partial charge in [0.15, 0.2) is 0 Å². The van der Waals surface area contributed by atoms with Crippen LogP contribution in [0, 0.1) is 0 Å². The van der Waals surface area contributed by atoms with Crippen molar-refractivity contribution in [2.45, 2.75) is 13.3 Å². The summed E-state index contributed by atoms with van der Waals surface area (Å²) >= 11 is 0. The summed E-state index contributed by atoms with van der Waals surface area (Å²) in [4.78, 5) is 24.1. The molecule has 0 fully saturated rings. The SMILES string of the molecule is CC(=O)NC(=O)Cc1ccccc1N(C)C. The number of amides is 2. The molecule has 0 bridgehead atoms. The van der Waals surface area contributed by atoms with Gasteiger partial charge in [0, 0.05) is 26.7 Å². The molecule has 0 heterocycles. The lowest BCUT2D eigenvalue weighted by Crippen LogP contribution is -2.29. The van der Waals surface area contributed by atoms with Crippen LogP contribution in [0.2, 0.25) is 0 Å². The van der Waals surface area contributed by atoms with Crippen molar-refractivity contribution in [2.75, 3.05) is 19.0 Å². The van der Waals surface area contributed by atoms with Crippen LogP contribution in [0.25, 0.3) is 0 Å². The zero-order valence-corrected chi connectivity index (χ0v) is 9.78. The van der Waals surface area contributed by atoms with Gasteiger partial charge in [-0.2, -0.15) is 0 Å². The zero-order valence-electron chi connectivity index (χ0n) is 9.78. The lowest BCUT2D eigenvalue weighted by atomic mass is 10.1. The summed E-state index contributed by atoms with van der Waals surface area (Å²) in [5.41, 5.74) is 1.90. The van der Waals surface area contributed by atoms with E-state index in [9.17, 15) is 9.59 Å². The van der Waals surface area contributed by atoms with E-state index in [1.54, 1.807) is 0 Å². The fourth-order valence-electron chi connectivity index (χ4n) is 1.51. The van der Waals surface area contributed by atoms with Crippen LogP contribution in [-0.4, -0.2) is 25.9 Å². The smallest absolute Gasteiger partial charge is 0.231 e.